The van der Waals surface area contributed by atoms with Gasteiger partial charge in [-0.15, -0.1) is 0 Å². The topological polar surface area (TPSA) is 42.0 Å². The van der Waals surface area contributed by atoms with Crippen molar-refractivity contribution in [3.63, 3.8) is 0 Å². The number of rotatable bonds is 4. The number of methoxy groups -OCH3 is 2. The van der Waals surface area contributed by atoms with Crippen molar-refractivity contribution >= 4 is 11.0 Å². The molecule has 0 radical (unpaired) electrons. The summed E-state index contributed by atoms with van der Waals surface area (Å²) in [6.45, 7) is 5.39. The van der Waals surface area contributed by atoms with E-state index in [0.717, 1.165) is 42.4 Å². The first-order chi connectivity index (χ1) is 9.58. The second-order valence-electron chi connectivity index (χ2n) is 4.91. The molecule has 20 heavy (non-hydrogen) atoms. The first-order valence-corrected chi connectivity index (χ1v) is 7.76. The molecule has 1 saturated heterocycles. The maximum Gasteiger partial charge on any atom is 0.142 e. The maximum atomic E-state index is 12.7. The number of hydrogen-bond acceptors (Lipinski definition) is 4. The van der Waals surface area contributed by atoms with Crippen LogP contribution in [0.1, 0.15) is 5.56 Å². The molecule has 0 N–H and O–H groups in total. The zero-order valence-corrected chi connectivity index (χ0v) is 13.3. The first kappa shape index (κ1) is 15.3. The van der Waals surface area contributed by atoms with Gasteiger partial charge in [-0.3, -0.25) is 0 Å². The molecule has 6 heteroatoms. The van der Waals surface area contributed by atoms with Crippen molar-refractivity contribution in [2.45, 2.75) is 11.8 Å². The summed E-state index contributed by atoms with van der Waals surface area (Å²) in [7, 11) is 4.12. The quantitative estimate of drug-likeness (QED) is 0.840. The van der Waals surface area contributed by atoms with Crippen LogP contribution in [0.5, 0.6) is 11.5 Å². The van der Waals surface area contributed by atoms with E-state index in [1.54, 1.807) is 14.2 Å². The van der Waals surface area contributed by atoms with Gasteiger partial charge in [0.2, 0.25) is 0 Å². The lowest BCUT2D eigenvalue weighted by molar-refractivity contribution is 0.228. The van der Waals surface area contributed by atoms with E-state index >= 15 is 0 Å². The molecule has 0 saturated carbocycles. The molecule has 1 aromatic carbocycles. The van der Waals surface area contributed by atoms with Crippen LogP contribution in [-0.2, 0) is 11.0 Å². The fourth-order valence-corrected chi connectivity index (χ4v) is 3.71. The molecule has 1 aromatic rings. The number of likely N-dealkylation sites (N-methyl/N-ethyl adjacent to an activating group) is 1. The lowest BCUT2D eigenvalue weighted by Gasteiger charge is -2.31. The van der Waals surface area contributed by atoms with Crippen molar-refractivity contribution in [2.24, 2.45) is 0 Å². The molecule has 5 nitrogen and oxygen atoms in total. The van der Waals surface area contributed by atoms with E-state index in [9.17, 15) is 4.21 Å². The van der Waals surface area contributed by atoms with Gasteiger partial charge in [-0.25, -0.2) is 8.51 Å². The molecule has 0 bridgehead atoms. The van der Waals surface area contributed by atoms with Crippen LogP contribution in [0, 0.1) is 6.92 Å². The van der Waals surface area contributed by atoms with E-state index in [4.69, 9.17) is 9.47 Å². The third kappa shape index (κ3) is 2.97. The molecular formula is C14H22N2O3S. The van der Waals surface area contributed by atoms with Gasteiger partial charge in [-0.1, -0.05) is 0 Å². The maximum absolute atomic E-state index is 12.7. The van der Waals surface area contributed by atoms with Crippen molar-refractivity contribution in [3.05, 3.63) is 17.7 Å². The highest BCUT2D eigenvalue weighted by atomic mass is 32.2. The van der Waals surface area contributed by atoms with Gasteiger partial charge >= 0.3 is 0 Å². The average Bonchev–Trinajstić information content (AvgIpc) is 2.47. The normalized spacial score (nSPS) is 18.8. The Labute approximate surface area is 123 Å². The fraction of sp³-hybridized carbons (Fsp3) is 0.571. The van der Waals surface area contributed by atoms with E-state index in [0.29, 0.717) is 5.75 Å². The summed E-state index contributed by atoms with van der Waals surface area (Å²) in [6, 6.07) is 3.68. The molecule has 1 heterocycles. The summed E-state index contributed by atoms with van der Waals surface area (Å²) in [6.07, 6.45) is 0. The SMILES string of the molecule is COc1ccc(S(=O)N2CCN(C)CC2)c(OC)c1C. The Morgan fingerprint density at radius 2 is 1.75 bits per heavy atom. The second kappa shape index (κ2) is 6.56. The molecule has 2 rings (SSSR count). The number of hydrogen-bond donors (Lipinski definition) is 0. The van der Waals surface area contributed by atoms with Crippen LogP contribution in [0.15, 0.2) is 17.0 Å². The zero-order chi connectivity index (χ0) is 14.7. The van der Waals surface area contributed by atoms with Gasteiger partial charge in [-0.05, 0) is 26.1 Å². The third-order valence-electron chi connectivity index (χ3n) is 3.63. The number of nitrogens with zero attached hydrogens (tertiary/aromatic N) is 2. The molecule has 1 unspecified atom stereocenters. The molecule has 0 aliphatic carbocycles. The second-order valence-corrected chi connectivity index (χ2v) is 6.36. The van der Waals surface area contributed by atoms with E-state index in [1.807, 2.05) is 23.4 Å². The van der Waals surface area contributed by atoms with E-state index < -0.39 is 11.0 Å². The molecule has 0 aromatic heterocycles. The monoisotopic (exact) mass is 298 g/mol. The molecule has 1 atom stereocenters. The van der Waals surface area contributed by atoms with Gasteiger partial charge in [0.25, 0.3) is 0 Å². The summed E-state index contributed by atoms with van der Waals surface area (Å²) in [5, 5.41) is 0. The minimum Gasteiger partial charge on any atom is -0.496 e. The molecule has 0 spiro atoms. The molecule has 1 fully saturated rings. The lowest BCUT2D eigenvalue weighted by atomic mass is 10.2. The highest BCUT2D eigenvalue weighted by Crippen LogP contribution is 2.34. The van der Waals surface area contributed by atoms with Gasteiger partial charge in [0, 0.05) is 31.7 Å². The Morgan fingerprint density at radius 3 is 2.30 bits per heavy atom. The molecular weight excluding hydrogens is 276 g/mol. The van der Waals surface area contributed by atoms with Crippen LogP contribution in [0.25, 0.3) is 0 Å². The zero-order valence-electron chi connectivity index (χ0n) is 12.5. The number of benzene rings is 1. The summed E-state index contributed by atoms with van der Waals surface area (Å²) in [5.41, 5.74) is 0.884. The van der Waals surface area contributed by atoms with E-state index in [-0.39, 0.29) is 0 Å². The van der Waals surface area contributed by atoms with Crippen LogP contribution < -0.4 is 9.47 Å². The van der Waals surface area contributed by atoms with Crippen LogP contribution in [0.2, 0.25) is 0 Å². The molecule has 0 amide bonds. The minimum absolute atomic E-state index is 0.654. The number of piperazine rings is 1. The summed E-state index contributed by atoms with van der Waals surface area (Å²) >= 11 is 0. The third-order valence-corrected chi connectivity index (χ3v) is 5.16. The Balaban J connectivity index is 2.28. The summed E-state index contributed by atoms with van der Waals surface area (Å²) in [5.74, 6) is 1.41. The standard InChI is InChI=1S/C14H22N2O3S/c1-11-12(18-3)5-6-13(14(11)19-4)20(17)16-9-7-15(2)8-10-16/h5-6H,7-10H2,1-4H3. The van der Waals surface area contributed by atoms with Gasteiger partial charge < -0.3 is 14.4 Å². The molecule has 1 aliphatic rings. The Kier molecular flexibility index (Phi) is 5.01. The Bertz CT molecular complexity index is 499. The predicted octanol–water partition coefficient (Wildman–Crippen LogP) is 1.28. The van der Waals surface area contributed by atoms with Crippen LogP contribution >= 0.6 is 0 Å². The lowest BCUT2D eigenvalue weighted by Crippen LogP contribution is -2.45. The van der Waals surface area contributed by atoms with Crippen molar-refractivity contribution in [2.75, 3.05) is 47.4 Å². The van der Waals surface area contributed by atoms with Gasteiger partial charge in [0.1, 0.15) is 22.5 Å². The fourth-order valence-electron chi connectivity index (χ4n) is 2.35. The van der Waals surface area contributed by atoms with Crippen molar-refractivity contribution in [1.29, 1.82) is 0 Å². The van der Waals surface area contributed by atoms with Crippen molar-refractivity contribution in [3.8, 4) is 11.5 Å². The predicted molar refractivity (Wildman–Crippen MR) is 79.8 cm³/mol. The number of ether oxygens (including phenoxy) is 2. The van der Waals surface area contributed by atoms with Gasteiger partial charge in [0.05, 0.1) is 19.1 Å². The van der Waals surface area contributed by atoms with Crippen molar-refractivity contribution < 1.29 is 13.7 Å². The van der Waals surface area contributed by atoms with Crippen LogP contribution in [0.4, 0.5) is 0 Å². The van der Waals surface area contributed by atoms with E-state index in [2.05, 4.69) is 11.9 Å². The summed E-state index contributed by atoms with van der Waals surface area (Å²) < 4.78 is 25.4. The smallest absolute Gasteiger partial charge is 0.142 e. The Hall–Kier alpha value is -1.11. The average molecular weight is 298 g/mol. The van der Waals surface area contributed by atoms with Crippen LogP contribution in [0.3, 0.4) is 0 Å². The van der Waals surface area contributed by atoms with Crippen molar-refractivity contribution in [1.82, 2.24) is 9.21 Å². The highest BCUT2D eigenvalue weighted by Gasteiger charge is 2.24. The Morgan fingerprint density at radius 1 is 1.10 bits per heavy atom. The minimum atomic E-state index is -1.19. The highest BCUT2D eigenvalue weighted by molar-refractivity contribution is 7.82. The summed E-state index contributed by atoms with van der Waals surface area (Å²) in [4.78, 5) is 2.96. The van der Waals surface area contributed by atoms with Crippen LogP contribution in [-0.4, -0.2) is 60.9 Å². The molecule has 1 aliphatic heterocycles. The van der Waals surface area contributed by atoms with Gasteiger partial charge in [-0.2, -0.15) is 0 Å². The van der Waals surface area contributed by atoms with Gasteiger partial charge in [0.15, 0.2) is 0 Å². The first-order valence-electron chi connectivity index (χ1n) is 6.65. The molecule has 112 valence electrons. The largest absolute Gasteiger partial charge is 0.496 e. The van der Waals surface area contributed by atoms with E-state index in [1.165, 1.54) is 0 Å².